The molecule has 0 heterocycles. The second-order valence-electron chi connectivity index (χ2n) is 41.6. The van der Waals surface area contributed by atoms with Gasteiger partial charge in [0.1, 0.15) is 24.3 Å². The Labute approximate surface area is 846 Å². The van der Waals surface area contributed by atoms with Gasteiger partial charge in [-0.15, -0.1) is 0 Å². The highest BCUT2D eigenvalue weighted by Crippen LogP contribution is 2.60. The lowest BCUT2D eigenvalue weighted by atomic mass is 9.55. The summed E-state index contributed by atoms with van der Waals surface area (Å²) in [5, 5.41) is 0. The summed E-state index contributed by atoms with van der Waals surface area (Å²) in [6.07, 6.45) is -8.82. The van der Waals surface area contributed by atoms with Crippen LogP contribution in [-0.4, -0.2) is 339 Å². The van der Waals surface area contributed by atoms with Gasteiger partial charge >= 0.3 is 83.6 Å². The first-order valence-electron chi connectivity index (χ1n) is 45.8. The Kier molecular flexibility index (Phi) is 57.6. The van der Waals surface area contributed by atoms with Crippen molar-refractivity contribution in [3.05, 3.63) is 0 Å². The first-order valence-corrected chi connectivity index (χ1v) is 48.1. The van der Waals surface area contributed by atoms with Crippen molar-refractivity contribution in [2.24, 2.45) is 86.6 Å². The van der Waals surface area contributed by atoms with E-state index < -0.39 is 255 Å². The number of hydrogen-bond acceptors (Lipinski definition) is 43. The van der Waals surface area contributed by atoms with Gasteiger partial charge in [0.05, 0.1) is 245 Å². The van der Waals surface area contributed by atoms with E-state index in [1.807, 2.05) is 0 Å². The monoisotopic (exact) mass is 2080 g/mol. The Hall–Kier alpha value is -8.72. The lowest BCUT2D eigenvalue weighted by Gasteiger charge is -2.47. The molecule has 0 bridgehead atoms. The van der Waals surface area contributed by atoms with Crippen LogP contribution in [-0.2, 0) is 195 Å². The predicted molar refractivity (Wildman–Crippen MR) is 516 cm³/mol. The maximum Gasteiger partial charge on any atom is 0.312 e. The second kappa shape index (κ2) is 60.4. The van der Waals surface area contributed by atoms with Crippen molar-refractivity contribution in [2.75, 3.05) is 225 Å². The van der Waals surface area contributed by atoms with Gasteiger partial charge in [-0.25, -0.2) is 0 Å². The van der Waals surface area contributed by atoms with Crippen molar-refractivity contribution in [3.8, 4) is 0 Å². The van der Waals surface area contributed by atoms with Crippen molar-refractivity contribution >= 4 is 132 Å². The van der Waals surface area contributed by atoms with Gasteiger partial charge in [0, 0.05) is 78.5 Å². The number of methoxy groups -OCH3 is 20. The van der Waals surface area contributed by atoms with Gasteiger partial charge in [-0.05, 0) is 187 Å². The van der Waals surface area contributed by atoms with Gasteiger partial charge in [-0.1, -0.05) is 0 Å². The van der Waals surface area contributed by atoms with Gasteiger partial charge in [0.25, 0.3) is 12.9 Å². The Morgan fingerprint density at radius 3 is 0.620 bits per heavy atom. The van der Waals surface area contributed by atoms with Crippen LogP contribution in [0, 0.1) is 86.6 Å². The molecule has 0 aromatic rings. The fourth-order valence-electron chi connectivity index (χ4n) is 22.0. The third-order valence-corrected chi connectivity index (χ3v) is 28.5. The van der Waals surface area contributed by atoms with E-state index in [-0.39, 0.29) is 78.4 Å². The number of ketones is 2. The summed E-state index contributed by atoms with van der Waals surface area (Å²) in [7, 11) is 24.8. The first kappa shape index (κ1) is 135. The highest BCUT2D eigenvalue weighted by Gasteiger charge is 2.63. The fraction of sp³-hybridized carbons (Fsp3) is 0.818. The lowest BCUT2D eigenvalue weighted by molar-refractivity contribution is -0.175. The highest BCUT2D eigenvalue weighted by molar-refractivity contribution is 7.99. The Morgan fingerprint density at radius 1 is 0.239 bits per heavy atom. The maximum absolute atomic E-state index is 15.0. The number of carbonyl (C=O) groups excluding carboxylic acids is 18. The van der Waals surface area contributed by atoms with Crippen LogP contribution >= 0.6 is 23.5 Å². The van der Waals surface area contributed by atoms with Gasteiger partial charge in [-0.3, -0.25) is 86.3 Å². The molecule has 0 N–H and O–H groups in total. The molecule has 41 nitrogen and oxygen atoms in total. The molecule has 0 aliphatic rings. The molecule has 0 rings (SSSR count). The molecule has 14 unspecified atom stereocenters. The molecule has 14 atom stereocenters. The summed E-state index contributed by atoms with van der Waals surface area (Å²) >= 11 is 2.37. The molecule has 0 aromatic carbocycles. The quantitative estimate of drug-likeness (QED) is 0.0179. The Balaban J connectivity index is 0. The molecule has 0 aliphatic heterocycles. The summed E-state index contributed by atoms with van der Waals surface area (Å²) < 4.78 is 123. The normalized spacial score (nSPS) is 17.4. The van der Waals surface area contributed by atoms with E-state index in [1.54, 1.807) is 42.7 Å². The van der Waals surface area contributed by atoms with Crippen LogP contribution < -0.4 is 0 Å². The zero-order valence-corrected chi connectivity index (χ0v) is 92.4. The van der Waals surface area contributed by atoms with Crippen molar-refractivity contribution in [2.45, 2.75) is 213 Å². The van der Waals surface area contributed by atoms with Gasteiger partial charge in [0.15, 0.2) is 0 Å². The van der Waals surface area contributed by atoms with E-state index in [1.165, 1.54) is 116 Å². The molecule has 142 heavy (non-hydrogen) atoms. The van der Waals surface area contributed by atoms with Crippen LogP contribution in [0.3, 0.4) is 0 Å². The van der Waals surface area contributed by atoms with E-state index in [0.29, 0.717) is 52.9 Å². The number of thioether (sulfide) groups is 2. The van der Waals surface area contributed by atoms with Gasteiger partial charge in [0.2, 0.25) is 0 Å². The number of Topliss-reactive ketones (excluding diaryl/α,β-unsaturated/α-hetero) is 2. The number of hydrogen-bond donors (Lipinski definition) is 0. The number of carbonyl (C=O) groups is 18. The average Bonchev–Trinajstić information content (AvgIpc) is 0.748. The lowest BCUT2D eigenvalue weighted by Crippen LogP contribution is -2.51. The van der Waals surface area contributed by atoms with Crippen LogP contribution in [0.5, 0.6) is 0 Å². The summed E-state index contributed by atoms with van der Waals surface area (Å²) in [4.78, 5) is 251. The minimum Gasteiger partial charge on any atom is -0.469 e. The van der Waals surface area contributed by atoms with Gasteiger partial charge in [-0.2, -0.15) is 23.5 Å². The van der Waals surface area contributed by atoms with Crippen molar-refractivity contribution < 1.29 is 195 Å². The minimum atomic E-state index is -2.13. The molecular weight excluding hydrogens is 1910 g/mol. The summed E-state index contributed by atoms with van der Waals surface area (Å²) in [6.45, 7) is 25.0. The van der Waals surface area contributed by atoms with E-state index in [9.17, 15) is 86.3 Å². The molecule has 0 aromatic heterocycles. The van der Waals surface area contributed by atoms with E-state index in [0.717, 1.165) is 111 Å². The smallest absolute Gasteiger partial charge is 0.312 e. The van der Waals surface area contributed by atoms with Crippen LogP contribution in [0.1, 0.15) is 207 Å². The second-order valence-corrected chi connectivity index (χ2v) is 43.9. The number of ether oxygens (including phenoxy) is 23. The summed E-state index contributed by atoms with van der Waals surface area (Å²) in [5.41, 5.74) is -27.8. The molecule has 0 aliphatic carbocycles. The highest BCUT2D eigenvalue weighted by atomic mass is 32.2. The fourth-order valence-corrected chi connectivity index (χ4v) is 24.1. The summed E-state index contributed by atoms with van der Waals surface area (Å²) in [5.74, 6) is -13.9. The maximum atomic E-state index is 15.0. The molecule has 820 valence electrons. The van der Waals surface area contributed by atoms with Crippen LogP contribution in [0.4, 0.5) is 0 Å². The Morgan fingerprint density at radius 2 is 0.430 bits per heavy atom. The SMILES string of the molecule is COC(=O)C(C)(C)CC(C)(CC(C)(CC(C)(CC(C)(CC(C)(CC(C)(CC(C)(CC(C)(CC(C)(CC(C)(CC(C)(CC(C)(CC(C)(CSCCC(=O)CC(=O)CCSCC(COC=O)OC=O)C(=O)OC)C(=O)OC)C(=O)OC)C(=O)OC)C(=O)OC)C(=O)OC)C(=O)OC)C(=O)OC)C(=O)OC)C(=O)OC)C(=O)OC)C(=O)OC)C(=O)OC.COCC(COC)(COC)COCC(COC)(COC)COC. The van der Waals surface area contributed by atoms with Gasteiger partial charge < -0.3 is 109 Å². The molecule has 0 fully saturated rings. The molecule has 0 radical (unpaired) electrons. The van der Waals surface area contributed by atoms with Crippen molar-refractivity contribution in [1.29, 1.82) is 0 Å². The molecule has 0 saturated carbocycles. The van der Waals surface area contributed by atoms with Crippen LogP contribution in [0.25, 0.3) is 0 Å². The largest absolute Gasteiger partial charge is 0.469 e. The van der Waals surface area contributed by atoms with Crippen LogP contribution in [0.2, 0.25) is 0 Å². The van der Waals surface area contributed by atoms with Crippen molar-refractivity contribution in [3.63, 3.8) is 0 Å². The molecule has 0 saturated heterocycles. The van der Waals surface area contributed by atoms with Crippen molar-refractivity contribution in [1.82, 2.24) is 0 Å². The third-order valence-electron chi connectivity index (χ3n) is 26.0. The Bertz CT molecular complexity index is 4080. The standard InChI is InChI=1S/C83H132O34S2.C16H34O7/c1-70(2,56(88)102-16)37-71(3,57(89)103-17)38-72(4,58(90)104-18)39-73(5,59(91)105-19)40-74(6,60(92)106-20)41-75(7,61(93)107-21)42-76(8,62(94)108-22)43-77(9,63(95)109-23)44-78(10,64(96)110-24)45-79(11,65(97)111-25)46-80(12,66(98)112-26)47-81(13,67(99)113-27)48-82(14,68(100)114-28)49-83(15,69(101)115-29)50-119-33-31-54(87)34-53(86)30-32-118-36-55(117-52-85)35-116-51-84;1-17-7-15(8-18-2,9-19-3)13-23-14-16(10-20-4,11-21-5)12-22-6/h51-52,55H,30-50H2,1-29H3;7-14H2,1-6H3. The first-order chi connectivity index (χ1) is 65.8. The zero-order valence-electron chi connectivity index (χ0n) is 90.8. The predicted octanol–water partition coefficient (Wildman–Crippen LogP) is 9.93. The third kappa shape index (κ3) is 38.9. The van der Waals surface area contributed by atoms with E-state index >= 15 is 0 Å². The zero-order chi connectivity index (χ0) is 110. The molecular formula is C99H166O41S2. The summed E-state index contributed by atoms with van der Waals surface area (Å²) in [6, 6.07) is 0. The van der Waals surface area contributed by atoms with Crippen LogP contribution in [0.15, 0.2) is 0 Å². The number of rotatable bonds is 73. The average molecular weight is 2080 g/mol. The molecule has 0 spiro atoms. The molecule has 0 amide bonds. The molecule has 43 heteroatoms. The van der Waals surface area contributed by atoms with E-state index in [4.69, 9.17) is 104 Å². The number of esters is 14. The minimum absolute atomic E-state index is 0.00385. The topological polar surface area (TPSA) is 520 Å². The van der Waals surface area contributed by atoms with E-state index in [2.05, 4.69) is 4.74 Å².